The Morgan fingerprint density at radius 3 is 2.38 bits per heavy atom. The normalized spacial score (nSPS) is 10.5. The molecule has 0 atom stereocenters. The zero-order valence-corrected chi connectivity index (χ0v) is 10.2. The molecule has 0 radical (unpaired) electrons. The molecule has 3 heteroatoms. The SMILES string of the molecule is CC(C)C(=O)NCCCCCCBr. The number of hydrogen-bond acceptors (Lipinski definition) is 1. The number of hydrogen-bond donors (Lipinski definition) is 1. The topological polar surface area (TPSA) is 29.1 Å². The second kappa shape index (κ2) is 8.54. The van der Waals surface area contributed by atoms with Gasteiger partial charge in [-0.3, -0.25) is 4.79 Å². The molecule has 0 aromatic heterocycles. The van der Waals surface area contributed by atoms with E-state index in [1.165, 1.54) is 19.3 Å². The standard InChI is InChI=1S/C10H20BrNO/c1-9(2)10(13)12-8-6-4-3-5-7-11/h9H,3-8H2,1-2H3,(H,12,13). The first kappa shape index (κ1) is 12.9. The number of nitrogens with one attached hydrogen (secondary N) is 1. The van der Waals surface area contributed by atoms with Gasteiger partial charge in [-0.25, -0.2) is 0 Å². The second-order valence-corrected chi connectivity index (χ2v) is 4.34. The Labute approximate surface area is 89.6 Å². The molecule has 0 spiro atoms. The first-order chi connectivity index (χ1) is 6.18. The van der Waals surface area contributed by atoms with E-state index in [1.807, 2.05) is 13.8 Å². The number of carbonyl (C=O) groups excluding carboxylic acids is 1. The average Bonchev–Trinajstić information content (AvgIpc) is 2.10. The number of rotatable bonds is 7. The second-order valence-electron chi connectivity index (χ2n) is 3.55. The molecule has 13 heavy (non-hydrogen) atoms. The number of unbranched alkanes of at least 4 members (excludes halogenated alkanes) is 3. The van der Waals surface area contributed by atoms with Crippen LogP contribution >= 0.6 is 15.9 Å². The van der Waals surface area contributed by atoms with E-state index in [1.54, 1.807) is 0 Å². The Morgan fingerprint density at radius 2 is 1.85 bits per heavy atom. The van der Waals surface area contributed by atoms with Crippen LogP contribution in [0.4, 0.5) is 0 Å². The van der Waals surface area contributed by atoms with Crippen molar-refractivity contribution in [2.45, 2.75) is 39.5 Å². The maximum atomic E-state index is 11.1. The lowest BCUT2D eigenvalue weighted by atomic mass is 10.2. The molecule has 0 rings (SSSR count). The van der Waals surface area contributed by atoms with Crippen molar-refractivity contribution < 1.29 is 4.79 Å². The Kier molecular flexibility index (Phi) is 8.51. The van der Waals surface area contributed by atoms with Gasteiger partial charge in [0.15, 0.2) is 0 Å². The van der Waals surface area contributed by atoms with E-state index in [0.717, 1.165) is 18.3 Å². The summed E-state index contributed by atoms with van der Waals surface area (Å²) in [5.41, 5.74) is 0. The molecule has 0 aliphatic rings. The largest absolute Gasteiger partial charge is 0.356 e. The molecule has 0 unspecified atom stereocenters. The molecule has 0 aromatic rings. The lowest BCUT2D eigenvalue weighted by molar-refractivity contribution is -0.123. The summed E-state index contributed by atoms with van der Waals surface area (Å²) in [6.45, 7) is 4.67. The van der Waals surface area contributed by atoms with Gasteiger partial charge in [-0.15, -0.1) is 0 Å². The highest BCUT2D eigenvalue weighted by Gasteiger charge is 2.04. The zero-order chi connectivity index (χ0) is 10.1. The first-order valence-corrected chi connectivity index (χ1v) is 6.14. The number of alkyl halides is 1. The van der Waals surface area contributed by atoms with Crippen molar-refractivity contribution in [2.24, 2.45) is 5.92 Å². The summed E-state index contributed by atoms with van der Waals surface area (Å²) < 4.78 is 0. The fourth-order valence-electron chi connectivity index (χ4n) is 0.989. The third-order valence-corrected chi connectivity index (χ3v) is 2.44. The summed E-state index contributed by atoms with van der Waals surface area (Å²) in [7, 11) is 0. The van der Waals surface area contributed by atoms with Crippen LogP contribution in [-0.2, 0) is 4.79 Å². The monoisotopic (exact) mass is 249 g/mol. The van der Waals surface area contributed by atoms with Gasteiger partial charge in [0.2, 0.25) is 5.91 Å². The fraction of sp³-hybridized carbons (Fsp3) is 0.900. The summed E-state index contributed by atoms with van der Waals surface area (Å²) in [6, 6.07) is 0. The van der Waals surface area contributed by atoms with Crippen molar-refractivity contribution in [1.82, 2.24) is 5.32 Å². The van der Waals surface area contributed by atoms with Crippen LogP contribution in [0.2, 0.25) is 0 Å². The molecule has 0 aliphatic carbocycles. The van der Waals surface area contributed by atoms with E-state index in [4.69, 9.17) is 0 Å². The molecule has 78 valence electrons. The molecule has 0 heterocycles. The molecule has 1 amide bonds. The van der Waals surface area contributed by atoms with Crippen LogP contribution in [0.1, 0.15) is 39.5 Å². The molecule has 0 aromatic carbocycles. The van der Waals surface area contributed by atoms with Gasteiger partial charge in [-0.05, 0) is 12.8 Å². The lowest BCUT2D eigenvalue weighted by Gasteiger charge is -2.06. The first-order valence-electron chi connectivity index (χ1n) is 5.02. The molecule has 2 nitrogen and oxygen atoms in total. The summed E-state index contributed by atoms with van der Waals surface area (Å²) in [5, 5.41) is 4.00. The van der Waals surface area contributed by atoms with Crippen LogP contribution < -0.4 is 5.32 Å². The van der Waals surface area contributed by atoms with Crippen LogP contribution in [0.15, 0.2) is 0 Å². The van der Waals surface area contributed by atoms with Crippen molar-refractivity contribution in [3.05, 3.63) is 0 Å². The fourth-order valence-corrected chi connectivity index (χ4v) is 1.39. The highest BCUT2D eigenvalue weighted by Crippen LogP contribution is 2.01. The Hall–Kier alpha value is -0.0500. The van der Waals surface area contributed by atoms with Crippen LogP contribution in [0.25, 0.3) is 0 Å². The van der Waals surface area contributed by atoms with Gasteiger partial charge in [0, 0.05) is 17.8 Å². The van der Waals surface area contributed by atoms with Crippen molar-refractivity contribution in [1.29, 1.82) is 0 Å². The summed E-state index contributed by atoms with van der Waals surface area (Å²) in [4.78, 5) is 11.1. The predicted molar refractivity (Wildman–Crippen MR) is 60.1 cm³/mol. The maximum absolute atomic E-state index is 11.1. The van der Waals surface area contributed by atoms with Crippen molar-refractivity contribution in [3.8, 4) is 0 Å². The molecule has 0 aliphatic heterocycles. The summed E-state index contributed by atoms with van der Waals surface area (Å²) >= 11 is 3.39. The Morgan fingerprint density at radius 1 is 1.23 bits per heavy atom. The van der Waals surface area contributed by atoms with E-state index in [2.05, 4.69) is 21.2 Å². The third kappa shape index (κ3) is 8.28. The van der Waals surface area contributed by atoms with Gasteiger partial charge in [0.05, 0.1) is 0 Å². The van der Waals surface area contributed by atoms with Gasteiger partial charge in [-0.1, -0.05) is 42.6 Å². The van der Waals surface area contributed by atoms with Crippen molar-refractivity contribution >= 4 is 21.8 Å². The van der Waals surface area contributed by atoms with E-state index in [9.17, 15) is 4.79 Å². The molecule has 0 bridgehead atoms. The van der Waals surface area contributed by atoms with E-state index < -0.39 is 0 Å². The van der Waals surface area contributed by atoms with Gasteiger partial charge in [-0.2, -0.15) is 0 Å². The quantitative estimate of drug-likeness (QED) is 0.546. The molecule has 1 N–H and O–H groups in total. The minimum Gasteiger partial charge on any atom is -0.356 e. The molecule has 0 fully saturated rings. The van der Waals surface area contributed by atoms with Crippen LogP contribution in [0, 0.1) is 5.92 Å². The van der Waals surface area contributed by atoms with Crippen molar-refractivity contribution in [3.63, 3.8) is 0 Å². The van der Waals surface area contributed by atoms with Crippen LogP contribution in [0.3, 0.4) is 0 Å². The van der Waals surface area contributed by atoms with E-state index in [-0.39, 0.29) is 11.8 Å². The summed E-state index contributed by atoms with van der Waals surface area (Å²) in [5.74, 6) is 0.281. The van der Waals surface area contributed by atoms with Gasteiger partial charge in [0.25, 0.3) is 0 Å². The number of halogens is 1. The third-order valence-electron chi connectivity index (χ3n) is 1.88. The number of amides is 1. The predicted octanol–water partition coefficient (Wildman–Crippen LogP) is 2.71. The van der Waals surface area contributed by atoms with Crippen molar-refractivity contribution in [2.75, 3.05) is 11.9 Å². The zero-order valence-electron chi connectivity index (χ0n) is 8.61. The Bertz CT molecular complexity index is 137. The Balaban J connectivity index is 3.12. The number of carbonyl (C=O) groups is 1. The molecule has 0 saturated carbocycles. The highest BCUT2D eigenvalue weighted by atomic mass is 79.9. The van der Waals surface area contributed by atoms with Gasteiger partial charge >= 0.3 is 0 Å². The highest BCUT2D eigenvalue weighted by molar-refractivity contribution is 9.09. The molecule has 0 saturated heterocycles. The van der Waals surface area contributed by atoms with E-state index >= 15 is 0 Å². The maximum Gasteiger partial charge on any atom is 0.222 e. The molecular weight excluding hydrogens is 230 g/mol. The van der Waals surface area contributed by atoms with Gasteiger partial charge in [0.1, 0.15) is 0 Å². The van der Waals surface area contributed by atoms with Crippen LogP contribution in [-0.4, -0.2) is 17.8 Å². The van der Waals surface area contributed by atoms with Crippen LogP contribution in [0.5, 0.6) is 0 Å². The lowest BCUT2D eigenvalue weighted by Crippen LogP contribution is -2.28. The van der Waals surface area contributed by atoms with E-state index in [0.29, 0.717) is 0 Å². The minimum absolute atomic E-state index is 0.113. The summed E-state index contributed by atoms with van der Waals surface area (Å²) in [6.07, 6.45) is 4.80. The average molecular weight is 250 g/mol. The minimum atomic E-state index is 0.113. The smallest absolute Gasteiger partial charge is 0.222 e. The van der Waals surface area contributed by atoms with Gasteiger partial charge < -0.3 is 5.32 Å². The molecular formula is C10H20BrNO.